The number of likely N-dealkylation sites (N-methyl/N-ethyl adjacent to an activating group) is 1. The van der Waals surface area contributed by atoms with Crippen LogP contribution in [0.1, 0.15) is 29.8 Å². The van der Waals surface area contributed by atoms with Gasteiger partial charge in [0, 0.05) is 12.5 Å². The van der Waals surface area contributed by atoms with Crippen LogP contribution in [0.25, 0.3) is 0 Å². The van der Waals surface area contributed by atoms with Gasteiger partial charge in [-0.05, 0) is 38.9 Å². The number of hydrogen-bond acceptors (Lipinski definition) is 5. The molecule has 1 unspecified atom stereocenters. The first-order valence-corrected chi connectivity index (χ1v) is 6.78. The minimum absolute atomic E-state index is 0.298. The zero-order valence-electron chi connectivity index (χ0n) is 12.4. The highest BCUT2D eigenvalue weighted by atomic mass is 16.5. The lowest BCUT2D eigenvalue weighted by molar-refractivity contribution is 0.240. The van der Waals surface area contributed by atoms with Crippen molar-refractivity contribution < 1.29 is 9.26 Å². The van der Waals surface area contributed by atoms with Gasteiger partial charge in [-0.25, -0.2) is 0 Å². The Kier molecular flexibility index (Phi) is 4.74. The summed E-state index contributed by atoms with van der Waals surface area (Å²) in [5, 5.41) is 7.10. The summed E-state index contributed by atoms with van der Waals surface area (Å²) in [6.07, 6.45) is 0.739. The highest BCUT2D eigenvalue weighted by molar-refractivity contribution is 5.39. The molecule has 5 nitrogen and oxygen atoms in total. The van der Waals surface area contributed by atoms with E-state index in [0.29, 0.717) is 24.4 Å². The number of ether oxygens (including phenoxy) is 1. The normalized spacial score (nSPS) is 12.4. The van der Waals surface area contributed by atoms with Crippen molar-refractivity contribution in [2.75, 3.05) is 7.05 Å². The van der Waals surface area contributed by atoms with E-state index in [9.17, 15) is 0 Å². The van der Waals surface area contributed by atoms with Crippen LogP contribution >= 0.6 is 0 Å². The molecule has 1 aromatic heterocycles. The molecule has 1 N–H and O–H groups in total. The van der Waals surface area contributed by atoms with Crippen LogP contribution in [0.15, 0.2) is 22.7 Å². The van der Waals surface area contributed by atoms with Crippen LogP contribution in [0.4, 0.5) is 0 Å². The van der Waals surface area contributed by atoms with Crippen LogP contribution in [-0.4, -0.2) is 23.2 Å². The van der Waals surface area contributed by atoms with Crippen LogP contribution in [0.3, 0.4) is 0 Å². The molecule has 2 aromatic rings. The maximum absolute atomic E-state index is 5.79. The summed E-state index contributed by atoms with van der Waals surface area (Å²) in [5.41, 5.74) is 2.21. The summed E-state index contributed by atoms with van der Waals surface area (Å²) in [5.74, 6) is 2.09. The van der Waals surface area contributed by atoms with Crippen molar-refractivity contribution in [1.29, 1.82) is 0 Å². The minimum Gasteiger partial charge on any atom is -0.483 e. The molecule has 20 heavy (non-hydrogen) atoms. The number of aromatic nitrogens is 2. The second-order valence-electron chi connectivity index (χ2n) is 5.01. The van der Waals surface area contributed by atoms with Crippen molar-refractivity contribution in [2.45, 2.75) is 39.8 Å². The summed E-state index contributed by atoms with van der Waals surface area (Å²) in [6.45, 7) is 6.42. The van der Waals surface area contributed by atoms with Crippen molar-refractivity contribution in [3.8, 4) is 5.75 Å². The van der Waals surface area contributed by atoms with Gasteiger partial charge in [0.2, 0.25) is 0 Å². The molecule has 1 aromatic carbocycles. The first-order chi connectivity index (χ1) is 9.60. The van der Waals surface area contributed by atoms with E-state index in [0.717, 1.165) is 23.3 Å². The van der Waals surface area contributed by atoms with E-state index >= 15 is 0 Å². The standard InChI is InChI=1S/C15H21N3O2/c1-10-6-5-7-11(2)15(10)19-9-14-17-13(18-20-14)8-12(3)16-4/h5-7,12,16H,8-9H2,1-4H3. The van der Waals surface area contributed by atoms with Gasteiger partial charge in [0.1, 0.15) is 5.75 Å². The Morgan fingerprint density at radius 2 is 2.00 bits per heavy atom. The predicted molar refractivity (Wildman–Crippen MR) is 76.8 cm³/mol. The molecule has 0 radical (unpaired) electrons. The van der Waals surface area contributed by atoms with Crippen LogP contribution in [0.2, 0.25) is 0 Å². The Balaban J connectivity index is 1.98. The molecular weight excluding hydrogens is 254 g/mol. The smallest absolute Gasteiger partial charge is 0.264 e. The number of para-hydroxylation sites is 1. The van der Waals surface area contributed by atoms with Crippen LogP contribution < -0.4 is 10.1 Å². The van der Waals surface area contributed by atoms with Gasteiger partial charge in [0.05, 0.1) is 0 Å². The molecule has 0 aliphatic carbocycles. The summed E-state index contributed by atoms with van der Waals surface area (Å²) in [6, 6.07) is 6.38. The maximum atomic E-state index is 5.79. The van der Waals surface area contributed by atoms with Crippen molar-refractivity contribution in [3.63, 3.8) is 0 Å². The van der Waals surface area contributed by atoms with Crippen LogP contribution in [0, 0.1) is 13.8 Å². The molecule has 0 aliphatic rings. The summed E-state index contributed by atoms with van der Waals surface area (Å²) in [4.78, 5) is 4.33. The number of hydrogen-bond donors (Lipinski definition) is 1. The molecule has 1 heterocycles. The fourth-order valence-corrected chi connectivity index (χ4v) is 1.97. The van der Waals surface area contributed by atoms with E-state index in [1.54, 1.807) is 0 Å². The number of nitrogens with zero attached hydrogens (tertiary/aromatic N) is 2. The Bertz CT molecular complexity index is 546. The lowest BCUT2D eigenvalue weighted by atomic mass is 10.1. The molecular formula is C15H21N3O2. The quantitative estimate of drug-likeness (QED) is 0.877. The maximum Gasteiger partial charge on any atom is 0.264 e. The summed E-state index contributed by atoms with van der Waals surface area (Å²) < 4.78 is 11.0. The molecule has 0 amide bonds. The molecule has 108 valence electrons. The molecule has 1 atom stereocenters. The van der Waals surface area contributed by atoms with Crippen molar-refractivity contribution in [3.05, 3.63) is 41.0 Å². The van der Waals surface area contributed by atoms with Gasteiger partial charge in [-0.15, -0.1) is 0 Å². The van der Waals surface area contributed by atoms with E-state index in [4.69, 9.17) is 9.26 Å². The van der Waals surface area contributed by atoms with E-state index in [-0.39, 0.29) is 0 Å². The molecule has 0 saturated carbocycles. The van der Waals surface area contributed by atoms with E-state index < -0.39 is 0 Å². The Morgan fingerprint density at radius 1 is 1.30 bits per heavy atom. The zero-order chi connectivity index (χ0) is 14.5. The summed E-state index contributed by atoms with van der Waals surface area (Å²) in [7, 11) is 1.91. The second-order valence-corrected chi connectivity index (χ2v) is 5.01. The fraction of sp³-hybridized carbons (Fsp3) is 0.467. The average Bonchev–Trinajstić information content (AvgIpc) is 2.85. The largest absolute Gasteiger partial charge is 0.483 e. The van der Waals surface area contributed by atoms with Gasteiger partial charge in [-0.3, -0.25) is 0 Å². The predicted octanol–water partition coefficient (Wildman–Crippen LogP) is 2.42. The van der Waals surface area contributed by atoms with E-state index in [1.807, 2.05) is 39.1 Å². The molecule has 0 aliphatic heterocycles. The van der Waals surface area contributed by atoms with Gasteiger partial charge in [0.15, 0.2) is 12.4 Å². The molecule has 5 heteroatoms. The van der Waals surface area contributed by atoms with Crippen molar-refractivity contribution >= 4 is 0 Å². The minimum atomic E-state index is 0.298. The molecule has 0 fully saturated rings. The Morgan fingerprint density at radius 3 is 2.65 bits per heavy atom. The van der Waals surface area contributed by atoms with Crippen LogP contribution in [0.5, 0.6) is 5.75 Å². The fourth-order valence-electron chi connectivity index (χ4n) is 1.97. The van der Waals surface area contributed by atoms with Crippen LogP contribution in [-0.2, 0) is 13.0 Å². The lowest BCUT2D eigenvalue weighted by Crippen LogP contribution is -2.24. The number of nitrogens with one attached hydrogen (secondary N) is 1. The van der Waals surface area contributed by atoms with Gasteiger partial charge >= 0.3 is 0 Å². The Labute approximate surface area is 119 Å². The monoisotopic (exact) mass is 275 g/mol. The second kappa shape index (κ2) is 6.52. The van der Waals surface area contributed by atoms with Gasteiger partial charge in [0.25, 0.3) is 5.89 Å². The van der Waals surface area contributed by atoms with Gasteiger partial charge < -0.3 is 14.6 Å². The van der Waals surface area contributed by atoms with E-state index in [1.165, 1.54) is 0 Å². The SMILES string of the molecule is CNC(C)Cc1noc(COc2c(C)cccc2C)n1. The highest BCUT2D eigenvalue weighted by Crippen LogP contribution is 2.23. The number of benzene rings is 1. The van der Waals surface area contributed by atoms with E-state index in [2.05, 4.69) is 22.4 Å². The summed E-state index contributed by atoms with van der Waals surface area (Å²) >= 11 is 0. The number of rotatable bonds is 6. The molecule has 2 rings (SSSR count). The van der Waals surface area contributed by atoms with Crippen molar-refractivity contribution in [1.82, 2.24) is 15.5 Å². The third kappa shape index (κ3) is 3.57. The average molecular weight is 275 g/mol. The Hall–Kier alpha value is -1.88. The topological polar surface area (TPSA) is 60.2 Å². The first kappa shape index (κ1) is 14.5. The lowest BCUT2D eigenvalue weighted by Gasteiger charge is -2.09. The molecule has 0 spiro atoms. The molecule has 0 bridgehead atoms. The van der Waals surface area contributed by atoms with Gasteiger partial charge in [-0.1, -0.05) is 23.4 Å². The number of aryl methyl sites for hydroxylation is 2. The third-order valence-corrected chi connectivity index (χ3v) is 3.24. The molecule has 0 saturated heterocycles. The van der Waals surface area contributed by atoms with Crippen molar-refractivity contribution in [2.24, 2.45) is 0 Å². The highest BCUT2D eigenvalue weighted by Gasteiger charge is 2.11. The van der Waals surface area contributed by atoms with Gasteiger partial charge in [-0.2, -0.15) is 4.98 Å². The third-order valence-electron chi connectivity index (χ3n) is 3.24. The zero-order valence-corrected chi connectivity index (χ0v) is 12.4. The first-order valence-electron chi connectivity index (χ1n) is 6.78.